The van der Waals surface area contributed by atoms with E-state index in [1.165, 1.54) is 0 Å². The van der Waals surface area contributed by atoms with Gasteiger partial charge in [0.1, 0.15) is 0 Å². The highest BCUT2D eigenvalue weighted by Gasteiger charge is 2.04. The van der Waals surface area contributed by atoms with Crippen molar-refractivity contribution >= 4 is 24.0 Å². The van der Waals surface area contributed by atoms with Gasteiger partial charge in [-0.1, -0.05) is 23.7 Å². The lowest BCUT2D eigenvalue weighted by molar-refractivity contribution is 0.748. The van der Waals surface area contributed by atoms with Gasteiger partial charge in [0.2, 0.25) is 0 Å². The Morgan fingerprint density at radius 3 is 2.77 bits per heavy atom. The van der Waals surface area contributed by atoms with Crippen molar-refractivity contribution in [3.05, 3.63) is 34.9 Å². The monoisotopic (exact) mass is 216 g/mol. The number of halogens is 2. The van der Waals surface area contributed by atoms with Gasteiger partial charge in [0.05, 0.1) is 12.5 Å². The van der Waals surface area contributed by atoms with Gasteiger partial charge in [0.25, 0.3) is 0 Å². The Kier molecular flexibility index (Phi) is 5.48. The van der Waals surface area contributed by atoms with Crippen LogP contribution in [0.5, 0.6) is 0 Å². The summed E-state index contributed by atoms with van der Waals surface area (Å²) in [5.41, 5.74) is 6.60. The lowest BCUT2D eigenvalue weighted by Gasteiger charge is -2.06. The molecule has 2 N–H and O–H groups in total. The van der Waals surface area contributed by atoms with E-state index >= 15 is 0 Å². The second-order valence-corrected chi connectivity index (χ2v) is 2.96. The number of nitrogens with zero attached hydrogens (tertiary/aromatic N) is 1. The van der Waals surface area contributed by atoms with Crippen LogP contribution < -0.4 is 5.73 Å². The molecule has 2 nitrogen and oxygen atoms in total. The molecule has 0 heterocycles. The first-order chi connectivity index (χ1) is 5.74. The Bertz CT molecular complexity index is 307. The van der Waals surface area contributed by atoms with Gasteiger partial charge in [0.15, 0.2) is 0 Å². The van der Waals surface area contributed by atoms with Crippen molar-refractivity contribution in [2.24, 2.45) is 5.73 Å². The van der Waals surface area contributed by atoms with Gasteiger partial charge in [-0.05, 0) is 17.7 Å². The number of benzene rings is 1. The molecule has 0 aliphatic carbocycles. The van der Waals surface area contributed by atoms with Gasteiger partial charge in [0, 0.05) is 11.1 Å². The molecule has 0 aliphatic rings. The highest BCUT2D eigenvalue weighted by molar-refractivity contribution is 6.30. The summed E-state index contributed by atoms with van der Waals surface area (Å²) in [6, 6.07) is 9.05. The van der Waals surface area contributed by atoms with Gasteiger partial charge in [-0.2, -0.15) is 5.26 Å². The highest BCUT2D eigenvalue weighted by atomic mass is 35.5. The van der Waals surface area contributed by atoms with Crippen LogP contribution in [0.1, 0.15) is 18.0 Å². The molecule has 0 bridgehead atoms. The van der Waals surface area contributed by atoms with Crippen molar-refractivity contribution in [2.75, 3.05) is 0 Å². The molecule has 1 aromatic rings. The molecule has 0 saturated carbocycles. The molecular formula is C9H10Cl2N2. The van der Waals surface area contributed by atoms with Crippen LogP contribution in [-0.2, 0) is 0 Å². The zero-order chi connectivity index (χ0) is 8.97. The summed E-state index contributed by atoms with van der Waals surface area (Å²) in [5.74, 6) is 0. The molecule has 13 heavy (non-hydrogen) atoms. The summed E-state index contributed by atoms with van der Waals surface area (Å²) in [5, 5.41) is 9.06. The quantitative estimate of drug-likeness (QED) is 0.827. The fourth-order valence-electron chi connectivity index (χ4n) is 0.953. The van der Waals surface area contributed by atoms with Crippen LogP contribution in [0.15, 0.2) is 24.3 Å². The summed E-state index contributed by atoms with van der Waals surface area (Å²) < 4.78 is 0. The minimum Gasteiger partial charge on any atom is -0.323 e. The first kappa shape index (κ1) is 12.2. The molecule has 0 aliphatic heterocycles. The molecule has 0 fully saturated rings. The lowest BCUT2D eigenvalue weighted by Crippen LogP contribution is -2.08. The molecule has 1 aromatic carbocycles. The smallest absolute Gasteiger partial charge is 0.0641 e. The first-order valence-corrected chi connectivity index (χ1v) is 4.00. The van der Waals surface area contributed by atoms with Gasteiger partial charge >= 0.3 is 0 Å². The molecule has 1 rings (SSSR count). The molecule has 1 unspecified atom stereocenters. The number of rotatable bonds is 2. The van der Waals surface area contributed by atoms with Crippen LogP contribution in [-0.4, -0.2) is 0 Å². The molecule has 4 heteroatoms. The Balaban J connectivity index is 0.00000144. The molecule has 0 amide bonds. The largest absolute Gasteiger partial charge is 0.323 e. The maximum atomic E-state index is 8.40. The number of hydrogen-bond donors (Lipinski definition) is 1. The molecular weight excluding hydrogens is 207 g/mol. The summed E-state index contributed by atoms with van der Waals surface area (Å²) in [4.78, 5) is 0. The summed E-state index contributed by atoms with van der Waals surface area (Å²) in [6.45, 7) is 0. The first-order valence-electron chi connectivity index (χ1n) is 3.62. The van der Waals surface area contributed by atoms with Crippen molar-refractivity contribution in [3.63, 3.8) is 0 Å². The SMILES string of the molecule is Cl.N#CCC(N)c1cccc(Cl)c1. The fraction of sp³-hybridized carbons (Fsp3) is 0.222. The van der Waals surface area contributed by atoms with E-state index in [-0.39, 0.29) is 18.4 Å². The molecule has 70 valence electrons. The van der Waals surface area contributed by atoms with Gasteiger partial charge in [-0.3, -0.25) is 0 Å². The second-order valence-electron chi connectivity index (χ2n) is 2.52. The normalized spacial score (nSPS) is 11.2. The van der Waals surface area contributed by atoms with Crippen molar-refractivity contribution in [1.29, 1.82) is 5.26 Å². The van der Waals surface area contributed by atoms with Crippen LogP contribution >= 0.6 is 24.0 Å². The number of hydrogen-bond acceptors (Lipinski definition) is 2. The van der Waals surface area contributed by atoms with Crippen molar-refractivity contribution < 1.29 is 0 Å². The molecule has 0 aromatic heterocycles. The van der Waals surface area contributed by atoms with Crippen LogP contribution in [0.2, 0.25) is 5.02 Å². The molecule has 0 spiro atoms. The highest BCUT2D eigenvalue weighted by Crippen LogP contribution is 2.17. The van der Waals surface area contributed by atoms with Crippen LogP contribution in [0, 0.1) is 11.3 Å². The predicted octanol–water partition coefficient (Wildman–Crippen LogP) is 2.68. The Morgan fingerprint density at radius 2 is 2.23 bits per heavy atom. The summed E-state index contributed by atoms with van der Waals surface area (Å²) in [6.07, 6.45) is 0.320. The molecule has 0 saturated heterocycles. The van der Waals surface area contributed by atoms with Gasteiger partial charge in [-0.15, -0.1) is 12.4 Å². The average molecular weight is 217 g/mol. The minimum absolute atomic E-state index is 0. The van der Waals surface area contributed by atoms with Crippen LogP contribution in [0.3, 0.4) is 0 Å². The topological polar surface area (TPSA) is 49.8 Å². The fourth-order valence-corrected chi connectivity index (χ4v) is 1.15. The molecule has 0 radical (unpaired) electrons. The third kappa shape index (κ3) is 3.65. The standard InChI is InChI=1S/C9H9ClN2.ClH/c10-8-3-1-2-7(6-8)9(12)4-5-11;/h1-3,6,9H,4,12H2;1H. The van der Waals surface area contributed by atoms with Crippen LogP contribution in [0.4, 0.5) is 0 Å². The summed E-state index contributed by atoms with van der Waals surface area (Å²) in [7, 11) is 0. The van der Waals surface area contributed by atoms with E-state index in [0.29, 0.717) is 11.4 Å². The van der Waals surface area contributed by atoms with Crippen molar-refractivity contribution in [3.8, 4) is 6.07 Å². The Labute approximate surface area is 88.7 Å². The predicted molar refractivity (Wildman–Crippen MR) is 55.9 cm³/mol. The van der Waals surface area contributed by atoms with Crippen molar-refractivity contribution in [1.82, 2.24) is 0 Å². The van der Waals surface area contributed by atoms with Gasteiger partial charge in [-0.25, -0.2) is 0 Å². The third-order valence-electron chi connectivity index (χ3n) is 1.59. The number of nitriles is 1. The van der Waals surface area contributed by atoms with E-state index in [4.69, 9.17) is 22.6 Å². The average Bonchev–Trinajstić information content (AvgIpc) is 2.05. The lowest BCUT2D eigenvalue weighted by atomic mass is 10.1. The zero-order valence-corrected chi connectivity index (χ0v) is 8.48. The zero-order valence-electron chi connectivity index (χ0n) is 6.90. The van der Waals surface area contributed by atoms with Crippen molar-refractivity contribution in [2.45, 2.75) is 12.5 Å². The van der Waals surface area contributed by atoms with Gasteiger partial charge < -0.3 is 5.73 Å². The maximum absolute atomic E-state index is 8.40. The van der Waals surface area contributed by atoms with E-state index < -0.39 is 0 Å². The molecule has 1 atom stereocenters. The van der Waals surface area contributed by atoms with E-state index in [1.807, 2.05) is 18.2 Å². The van der Waals surface area contributed by atoms with Crippen LogP contribution in [0.25, 0.3) is 0 Å². The van der Waals surface area contributed by atoms with E-state index in [1.54, 1.807) is 12.1 Å². The van der Waals surface area contributed by atoms with E-state index in [0.717, 1.165) is 5.56 Å². The summed E-state index contributed by atoms with van der Waals surface area (Å²) >= 11 is 5.75. The minimum atomic E-state index is -0.228. The maximum Gasteiger partial charge on any atom is 0.0641 e. The Hall–Kier alpha value is -0.750. The van der Waals surface area contributed by atoms with E-state index in [9.17, 15) is 0 Å². The second kappa shape index (κ2) is 5.82. The third-order valence-corrected chi connectivity index (χ3v) is 1.82. The Morgan fingerprint density at radius 1 is 1.54 bits per heavy atom. The number of nitrogens with two attached hydrogens (primary N) is 1. The van der Waals surface area contributed by atoms with E-state index in [2.05, 4.69) is 0 Å².